The fourth-order valence-corrected chi connectivity index (χ4v) is 2.78. The molecule has 0 bridgehead atoms. The lowest BCUT2D eigenvalue weighted by Gasteiger charge is -2.37. The number of carboxylic acid groups (broad SMARTS) is 1. The average molecular weight is 287 g/mol. The van der Waals surface area contributed by atoms with Gasteiger partial charge in [-0.25, -0.2) is 0 Å². The van der Waals surface area contributed by atoms with E-state index < -0.39 is 11.4 Å². The number of benzene rings is 1. The van der Waals surface area contributed by atoms with Crippen molar-refractivity contribution in [1.29, 1.82) is 0 Å². The molecule has 1 aliphatic rings. The maximum atomic E-state index is 12.3. The van der Waals surface area contributed by atoms with Crippen molar-refractivity contribution in [3.63, 3.8) is 0 Å². The van der Waals surface area contributed by atoms with Crippen molar-refractivity contribution in [3.05, 3.63) is 30.0 Å². The van der Waals surface area contributed by atoms with Gasteiger partial charge in [0.05, 0.1) is 10.9 Å². The fraction of sp³-hybridized carbons (Fsp3) is 0.400. The number of carbonyl (C=O) groups excluding carboxylic acids is 1. The second-order valence-electron chi connectivity index (χ2n) is 5.61. The first kappa shape index (κ1) is 13.6. The Bertz CT molecular complexity index is 716. The Morgan fingerprint density at radius 2 is 2.10 bits per heavy atom. The Morgan fingerprint density at radius 1 is 1.38 bits per heavy atom. The number of nitrogens with one attached hydrogen (secondary N) is 1. The molecule has 1 aromatic carbocycles. The van der Waals surface area contributed by atoms with Crippen molar-refractivity contribution in [2.45, 2.75) is 19.3 Å². The normalized spacial score (nSPS) is 16.4. The SMILES string of the molecule is Cn1nc(C(=O)NCC2(C(=O)O)CCC2)c2ccccc21. The first-order valence-corrected chi connectivity index (χ1v) is 6.97. The molecular weight excluding hydrogens is 270 g/mol. The van der Waals surface area contributed by atoms with Gasteiger partial charge >= 0.3 is 5.97 Å². The standard InChI is InChI=1S/C15H17N3O3/c1-18-11-6-3-2-5-10(11)12(17-18)13(19)16-9-15(14(20)21)7-4-8-15/h2-3,5-6H,4,7-9H2,1H3,(H,16,19)(H,20,21). The summed E-state index contributed by atoms with van der Waals surface area (Å²) in [6.45, 7) is 0.159. The van der Waals surface area contributed by atoms with Crippen LogP contribution in [0.25, 0.3) is 10.9 Å². The van der Waals surface area contributed by atoms with Gasteiger partial charge in [-0.3, -0.25) is 14.3 Å². The maximum absolute atomic E-state index is 12.3. The number of amides is 1. The molecule has 1 heterocycles. The smallest absolute Gasteiger partial charge is 0.311 e. The molecule has 6 heteroatoms. The van der Waals surface area contributed by atoms with E-state index in [0.717, 1.165) is 17.3 Å². The molecule has 1 amide bonds. The van der Waals surface area contributed by atoms with Crippen LogP contribution in [0.1, 0.15) is 29.8 Å². The summed E-state index contributed by atoms with van der Waals surface area (Å²) in [4.78, 5) is 23.6. The third-order valence-electron chi connectivity index (χ3n) is 4.32. The highest BCUT2D eigenvalue weighted by atomic mass is 16.4. The van der Waals surface area contributed by atoms with Crippen LogP contribution >= 0.6 is 0 Å². The maximum Gasteiger partial charge on any atom is 0.311 e. The third kappa shape index (κ3) is 2.16. The summed E-state index contributed by atoms with van der Waals surface area (Å²) >= 11 is 0. The zero-order valence-corrected chi connectivity index (χ0v) is 11.8. The van der Waals surface area contributed by atoms with Gasteiger partial charge in [-0.2, -0.15) is 5.10 Å². The van der Waals surface area contributed by atoms with Gasteiger partial charge in [-0.15, -0.1) is 0 Å². The van der Waals surface area contributed by atoms with Crippen molar-refractivity contribution in [2.75, 3.05) is 6.54 Å². The second kappa shape index (κ2) is 4.87. The monoisotopic (exact) mass is 287 g/mol. The van der Waals surface area contributed by atoms with Gasteiger partial charge < -0.3 is 10.4 Å². The molecule has 1 saturated carbocycles. The molecule has 0 radical (unpaired) electrons. The number of hydrogen-bond acceptors (Lipinski definition) is 3. The van der Waals surface area contributed by atoms with Gasteiger partial charge in [0, 0.05) is 19.0 Å². The molecule has 0 aliphatic heterocycles. The molecule has 1 aliphatic carbocycles. The molecule has 6 nitrogen and oxygen atoms in total. The summed E-state index contributed by atoms with van der Waals surface area (Å²) in [5.74, 6) is -1.15. The highest BCUT2D eigenvalue weighted by Gasteiger charge is 2.44. The van der Waals surface area contributed by atoms with Gasteiger partial charge in [-0.05, 0) is 18.9 Å². The lowest BCUT2D eigenvalue weighted by molar-refractivity contribution is -0.153. The van der Waals surface area contributed by atoms with E-state index in [-0.39, 0.29) is 12.5 Å². The summed E-state index contributed by atoms with van der Waals surface area (Å²) in [6.07, 6.45) is 2.13. The van der Waals surface area contributed by atoms with Crippen LogP contribution in [0.2, 0.25) is 0 Å². The lowest BCUT2D eigenvalue weighted by atomic mass is 9.69. The van der Waals surface area contributed by atoms with Crippen LogP contribution in [0, 0.1) is 5.41 Å². The number of para-hydroxylation sites is 1. The Hall–Kier alpha value is -2.37. The molecule has 0 atom stereocenters. The van der Waals surface area contributed by atoms with Crippen LogP contribution in [0.3, 0.4) is 0 Å². The molecular formula is C15H17N3O3. The quantitative estimate of drug-likeness (QED) is 0.893. The van der Waals surface area contributed by atoms with Gasteiger partial charge in [0.2, 0.25) is 0 Å². The van der Waals surface area contributed by atoms with Gasteiger partial charge in [0.25, 0.3) is 5.91 Å². The van der Waals surface area contributed by atoms with Crippen LogP contribution < -0.4 is 5.32 Å². The van der Waals surface area contributed by atoms with Crippen molar-refractivity contribution in [3.8, 4) is 0 Å². The molecule has 110 valence electrons. The van der Waals surface area contributed by atoms with Crippen LogP contribution in [-0.4, -0.2) is 33.3 Å². The average Bonchev–Trinajstić information content (AvgIpc) is 2.75. The molecule has 2 N–H and O–H groups in total. The van der Waals surface area contributed by atoms with Crippen LogP contribution in [0.15, 0.2) is 24.3 Å². The minimum atomic E-state index is -0.833. The van der Waals surface area contributed by atoms with Gasteiger partial charge in [0.1, 0.15) is 0 Å². The highest BCUT2D eigenvalue weighted by Crippen LogP contribution is 2.40. The van der Waals surface area contributed by atoms with Crippen molar-refractivity contribution in [2.24, 2.45) is 12.5 Å². The number of fused-ring (bicyclic) bond motifs is 1. The largest absolute Gasteiger partial charge is 0.481 e. The number of aryl methyl sites for hydroxylation is 1. The summed E-state index contributed by atoms with van der Waals surface area (Å²) in [7, 11) is 1.78. The highest BCUT2D eigenvalue weighted by molar-refractivity contribution is 6.05. The van der Waals surface area contributed by atoms with Gasteiger partial charge in [-0.1, -0.05) is 24.6 Å². The van der Waals surface area contributed by atoms with E-state index in [9.17, 15) is 14.7 Å². The zero-order valence-electron chi connectivity index (χ0n) is 11.8. The van der Waals surface area contributed by atoms with Gasteiger partial charge in [0.15, 0.2) is 5.69 Å². The van der Waals surface area contributed by atoms with E-state index in [0.29, 0.717) is 18.5 Å². The summed E-state index contributed by atoms with van der Waals surface area (Å²) in [5.41, 5.74) is 0.424. The molecule has 1 aromatic heterocycles. The van der Waals surface area contributed by atoms with Crippen LogP contribution in [0.5, 0.6) is 0 Å². The number of carbonyl (C=O) groups is 2. The number of rotatable bonds is 4. The molecule has 0 unspecified atom stereocenters. The summed E-state index contributed by atoms with van der Waals surface area (Å²) < 4.78 is 1.65. The number of aromatic nitrogens is 2. The molecule has 2 aromatic rings. The molecule has 3 rings (SSSR count). The van der Waals surface area contributed by atoms with Crippen molar-refractivity contribution in [1.82, 2.24) is 15.1 Å². The predicted molar refractivity (Wildman–Crippen MR) is 77.0 cm³/mol. The molecule has 0 spiro atoms. The molecule has 21 heavy (non-hydrogen) atoms. The fourth-order valence-electron chi connectivity index (χ4n) is 2.78. The van der Waals surface area contributed by atoms with E-state index in [1.807, 2.05) is 24.3 Å². The molecule has 0 saturated heterocycles. The Morgan fingerprint density at radius 3 is 2.71 bits per heavy atom. The number of hydrogen-bond donors (Lipinski definition) is 2. The van der Waals surface area contributed by atoms with Crippen molar-refractivity contribution >= 4 is 22.8 Å². The lowest BCUT2D eigenvalue weighted by Crippen LogP contribution is -2.47. The Kier molecular flexibility index (Phi) is 3.16. The van der Waals surface area contributed by atoms with E-state index in [1.165, 1.54) is 0 Å². The third-order valence-corrected chi connectivity index (χ3v) is 4.32. The van der Waals surface area contributed by atoms with E-state index in [1.54, 1.807) is 11.7 Å². The second-order valence-corrected chi connectivity index (χ2v) is 5.61. The minimum absolute atomic E-state index is 0.159. The number of carboxylic acids is 1. The Labute approximate surface area is 121 Å². The minimum Gasteiger partial charge on any atom is -0.481 e. The first-order valence-electron chi connectivity index (χ1n) is 6.97. The predicted octanol–water partition coefficient (Wildman–Crippen LogP) is 1.56. The summed E-state index contributed by atoms with van der Waals surface area (Å²) in [6, 6.07) is 7.47. The van der Waals surface area contributed by atoms with Crippen LogP contribution in [0.4, 0.5) is 0 Å². The summed E-state index contributed by atoms with van der Waals surface area (Å²) in [5, 5.41) is 17.0. The molecule has 1 fully saturated rings. The van der Waals surface area contributed by atoms with E-state index >= 15 is 0 Å². The van der Waals surface area contributed by atoms with Crippen molar-refractivity contribution < 1.29 is 14.7 Å². The number of nitrogens with zero attached hydrogens (tertiary/aromatic N) is 2. The Balaban J connectivity index is 1.80. The van der Waals surface area contributed by atoms with E-state index in [2.05, 4.69) is 10.4 Å². The first-order chi connectivity index (χ1) is 10.0. The van der Waals surface area contributed by atoms with E-state index in [4.69, 9.17) is 0 Å². The van der Waals surface area contributed by atoms with Crippen LogP contribution in [-0.2, 0) is 11.8 Å². The number of aliphatic carboxylic acids is 1. The zero-order chi connectivity index (χ0) is 15.0. The topological polar surface area (TPSA) is 84.2 Å².